The fourth-order valence-corrected chi connectivity index (χ4v) is 3.49. The zero-order chi connectivity index (χ0) is 9.80. The summed E-state index contributed by atoms with van der Waals surface area (Å²) in [5.74, 6) is -1.38. The van der Waals surface area contributed by atoms with Gasteiger partial charge in [0.15, 0.2) is 6.04 Å². The topological polar surface area (TPSA) is 91.7 Å². The van der Waals surface area contributed by atoms with Crippen molar-refractivity contribution in [3.63, 3.8) is 0 Å². The van der Waals surface area contributed by atoms with E-state index >= 15 is 0 Å². The van der Waals surface area contributed by atoms with Crippen LogP contribution >= 0.6 is 0 Å². The Morgan fingerprint density at radius 1 is 1.54 bits per heavy atom. The molecule has 2 rings (SSSR count). The van der Waals surface area contributed by atoms with Crippen LogP contribution in [0.2, 0.25) is 0 Å². The van der Waals surface area contributed by atoms with Crippen LogP contribution in [0.25, 0.3) is 0 Å². The first kappa shape index (κ1) is 8.64. The third-order valence-electron chi connectivity index (χ3n) is 2.43. The van der Waals surface area contributed by atoms with Gasteiger partial charge in [-0.2, -0.15) is 0 Å². The third kappa shape index (κ3) is 0.881. The van der Waals surface area contributed by atoms with Gasteiger partial charge in [-0.3, -0.25) is 9.69 Å². The fraction of sp³-hybridized carbons (Fsp3) is 0.667. The van der Waals surface area contributed by atoms with E-state index in [1.54, 1.807) is 0 Å². The lowest BCUT2D eigenvalue weighted by atomic mass is 10.1. The van der Waals surface area contributed by atoms with Crippen molar-refractivity contribution in [3.05, 3.63) is 0 Å². The number of sulfone groups is 1. The summed E-state index contributed by atoms with van der Waals surface area (Å²) in [7, 11) is -3.85. The van der Waals surface area contributed by atoms with Crippen LogP contribution in [-0.4, -0.2) is 47.5 Å². The van der Waals surface area contributed by atoms with Gasteiger partial charge in [0, 0.05) is 6.54 Å². The molecule has 2 heterocycles. The molecule has 0 spiro atoms. The van der Waals surface area contributed by atoms with Gasteiger partial charge in [-0.25, -0.2) is 13.2 Å². The normalized spacial score (nSPS) is 36.8. The number of carbonyl (C=O) groups is 2. The summed E-state index contributed by atoms with van der Waals surface area (Å²) in [6.07, 6.45) is 0.359. The number of aliphatic carboxylic acids is 1. The number of hydrogen-bond donors (Lipinski definition) is 1. The summed E-state index contributed by atoms with van der Waals surface area (Å²) < 4.78 is 22.4. The van der Waals surface area contributed by atoms with Crippen LogP contribution in [0, 0.1) is 0 Å². The predicted molar refractivity (Wildman–Crippen MR) is 40.5 cm³/mol. The molecule has 2 atom stereocenters. The lowest BCUT2D eigenvalue weighted by molar-refractivity contribution is -0.146. The summed E-state index contributed by atoms with van der Waals surface area (Å²) in [4.78, 5) is 22.9. The van der Waals surface area contributed by atoms with E-state index in [2.05, 4.69) is 0 Å². The van der Waals surface area contributed by atoms with Gasteiger partial charge in [0.1, 0.15) is 5.37 Å². The Morgan fingerprint density at radius 2 is 2.15 bits per heavy atom. The molecule has 0 radical (unpaired) electrons. The Morgan fingerprint density at radius 3 is 2.38 bits per heavy atom. The first-order valence-electron chi connectivity index (χ1n) is 3.72. The average Bonchev–Trinajstić information content (AvgIpc) is 2.05. The summed E-state index contributed by atoms with van der Waals surface area (Å²) >= 11 is 0. The van der Waals surface area contributed by atoms with E-state index in [-0.39, 0.29) is 0 Å². The summed E-state index contributed by atoms with van der Waals surface area (Å²) in [6.45, 7) is 0.368. The Kier molecular flexibility index (Phi) is 1.53. The van der Waals surface area contributed by atoms with Gasteiger partial charge in [-0.05, 0) is 6.42 Å². The van der Waals surface area contributed by atoms with Crippen LogP contribution in [-0.2, 0) is 19.4 Å². The Bertz CT molecular complexity index is 386. The first-order chi connectivity index (χ1) is 5.96. The number of carboxylic acids is 1. The maximum absolute atomic E-state index is 11.2. The van der Waals surface area contributed by atoms with E-state index < -0.39 is 32.3 Å². The van der Waals surface area contributed by atoms with Crippen molar-refractivity contribution in [2.24, 2.45) is 0 Å². The highest BCUT2D eigenvalue weighted by Gasteiger charge is 2.59. The second kappa shape index (κ2) is 2.30. The minimum Gasteiger partial charge on any atom is -0.480 e. The van der Waals surface area contributed by atoms with Crippen LogP contribution in [0.4, 0.5) is 0 Å². The number of nitrogens with zero attached hydrogens (tertiary/aromatic N) is 1. The van der Waals surface area contributed by atoms with E-state index in [0.717, 1.165) is 0 Å². The average molecular weight is 205 g/mol. The predicted octanol–water partition coefficient (Wildman–Crippen LogP) is -1.57. The minimum absolute atomic E-state index is 0.359. The molecule has 72 valence electrons. The van der Waals surface area contributed by atoms with E-state index in [0.29, 0.717) is 13.0 Å². The number of hydrogen-bond acceptors (Lipinski definition) is 5. The van der Waals surface area contributed by atoms with Crippen LogP contribution in [0.15, 0.2) is 0 Å². The van der Waals surface area contributed by atoms with Crippen molar-refractivity contribution < 1.29 is 23.1 Å². The van der Waals surface area contributed by atoms with Crippen molar-refractivity contribution in [1.29, 1.82) is 0 Å². The van der Waals surface area contributed by atoms with Crippen molar-refractivity contribution in [2.75, 3.05) is 6.54 Å². The molecule has 0 aromatic rings. The van der Waals surface area contributed by atoms with E-state index in [1.807, 2.05) is 0 Å². The largest absolute Gasteiger partial charge is 0.480 e. The standard InChI is InChI=1S/C6H7NO5S/c8-5(9)4-6(10)13(11,12)3-1-2-7(3)4/h3-4H,1-2H2,(H,8,9). The van der Waals surface area contributed by atoms with Gasteiger partial charge >= 0.3 is 5.97 Å². The number of carboxylic acid groups (broad SMARTS) is 1. The molecule has 0 amide bonds. The molecular weight excluding hydrogens is 198 g/mol. The van der Waals surface area contributed by atoms with E-state index in [9.17, 15) is 18.0 Å². The third-order valence-corrected chi connectivity index (χ3v) is 4.44. The number of fused-ring (bicyclic) bond motifs is 1. The molecule has 2 aliphatic heterocycles. The summed E-state index contributed by atoms with van der Waals surface area (Å²) in [6, 6.07) is -1.47. The van der Waals surface area contributed by atoms with Crippen LogP contribution in [0.3, 0.4) is 0 Å². The monoisotopic (exact) mass is 205 g/mol. The number of rotatable bonds is 1. The molecule has 0 aromatic heterocycles. The second-order valence-corrected chi connectivity index (χ2v) is 5.12. The van der Waals surface area contributed by atoms with Crippen LogP contribution in [0.1, 0.15) is 6.42 Å². The first-order valence-corrected chi connectivity index (χ1v) is 5.27. The van der Waals surface area contributed by atoms with Gasteiger partial charge in [0.25, 0.3) is 5.12 Å². The molecule has 2 unspecified atom stereocenters. The molecule has 2 aliphatic rings. The smallest absolute Gasteiger partial charge is 0.329 e. The van der Waals surface area contributed by atoms with Crippen molar-refractivity contribution >= 4 is 20.9 Å². The number of carbonyl (C=O) groups excluding carboxylic acids is 1. The maximum atomic E-state index is 11.2. The van der Waals surface area contributed by atoms with Gasteiger partial charge in [0.05, 0.1) is 0 Å². The molecule has 6 nitrogen and oxygen atoms in total. The maximum Gasteiger partial charge on any atom is 0.329 e. The lowest BCUT2D eigenvalue weighted by Crippen LogP contribution is -2.51. The molecule has 0 aliphatic carbocycles. The molecular formula is C6H7NO5S. The second-order valence-electron chi connectivity index (χ2n) is 3.09. The molecule has 2 fully saturated rings. The SMILES string of the molecule is O=C(O)C1C(=O)S(=O)(=O)C2CCN12. The van der Waals surface area contributed by atoms with Gasteiger partial charge in [-0.1, -0.05) is 0 Å². The molecule has 0 saturated carbocycles. The summed E-state index contributed by atoms with van der Waals surface area (Å²) in [5, 5.41) is 6.57. The zero-order valence-corrected chi connectivity index (χ0v) is 7.32. The quantitative estimate of drug-likeness (QED) is 0.520. The molecule has 7 heteroatoms. The fourth-order valence-electron chi connectivity index (χ4n) is 1.68. The summed E-state index contributed by atoms with van der Waals surface area (Å²) in [5.41, 5.74) is 0. The highest BCUT2D eigenvalue weighted by Crippen LogP contribution is 2.34. The molecule has 2 saturated heterocycles. The van der Waals surface area contributed by atoms with Gasteiger partial charge in [0.2, 0.25) is 9.84 Å². The Labute approximate surface area is 74.1 Å². The van der Waals surface area contributed by atoms with E-state index in [4.69, 9.17) is 5.11 Å². The zero-order valence-electron chi connectivity index (χ0n) is 6.50. The van der Waals surface area contributed by atoms with Crippen molar-refractivity contribution in [3.8, 4) is 0 Å². The van der Waals surface area contributed by atoms with Crippen molar-refractivity contribution in [1.82, 2.24) is 4.90 Å². The molecule has 0 bridgehead atoms. The Hall–Kier alpha value is -0.950. The Balaban J connectivity index is 2.46. The van der Waals surface area contributed by atoms with Crippen molar-refractivity contribution in [2.45, 2.75) is 17.8 Å². The van der Waals surface area contributed by atoms with Gasteiger partial charge in [-0.15, -0.1) is 0 Å². The molecule has 0 aromatic carbocycles. The lowest BCUT2D eigenvalue weighted by Gasteiger charge is -2.33. The van der Waals surface area contributed by atoms with Crippen LogP contribution < -0.4 is 0 Å². The minimum atomic E-state index is -3.85. The highest BCUT2D eigenvalue weighted by atomic mass is 32.2. The highest BCUT2D eigenvalue weighted by molar-refractivity contribution is 8.07. The molecule has 13 heavy (non-hydrogen) atoms. The molecule has 1 N–H and O–H groups in total. The van der Waals surface area contributed by atoms with Gasteiger partial charge < -0.3 is 5.11 Å². The van der Waals surface area contributed by atoms with Crippen LogP contribution in [0.5, 0.6) is 0 Å². The van der Waals surface area contributed by atoms with E-state index in [1.165, 1.54) is 4.90 Å².